The molecule has 11 nitrogen and oxygen atoms in total. The summed E-state index contributed by atoms with van der Waals surface area (Å²) in [5.74, 6) is -0.675. The third kappa shape index (κ3) is 6.97. The van der Waals surface area contributed by atoms with Gasteiger partial charge in [0.25, 0.3) is 0 Å². The highest BCUT2D eigenvalue weighted by molar-refractivity contribution is 7.17. The lowest BCUT2D eigenvalue weighted by Gasteiger charge is -2.33. The van der Waals surface area contributed by atoms with Crippen LogP contribution in [0.15, 0.2) is 157 Å². The van der Waals surface area contributed by atoms with Gasteiger partial charge in [0.2, 0.25) is 11.8 Å². The summed E-state index contributed by atoms with van der Waals surface area (Å²) in [6.07, 6.45) is 11.4. The second kappa shape index (κ2) is 15.9. The standard InChI is InChI=1S/C47H38N8O3S2/c1-57-41-23-29(17-19-48-41)50-45(35-25-54-21-9-7-15-39(54)52-35)43(33-27-59-37-13-5-3-11-31(33)37)47(56)44(34-28-60-38-14-6-4-12-32(34)38)46(51-30-18-20-49-42(24-30)58-2)36-26-55-22-10-8-16-40(55)53-36/h3-28,43-46H,1-2H3,(H,48,50)(H,49,51). The molecule has 10 aromatic rings. The molecular weight excluding hydrogens is 789 g/mol. The first-order valence-corrected chi connectivity index (χ1v) is 21.2. The number of hydrogen-bond donors (Lipinski definition) is 2. The van der Waals surface area contributed by atoms with Gasteiger partial charge in [-0.25, -0.2) is 19.9 Å². The molecule has 8 heterocycles. The minimum absolute atomic E-state index is 0.0201. The van der Waals surface area contributed by atoms with Crippen LogP contribution in [-0.2, 0) is 4.79 Å². The van der Waals surface area contributed by atoms with Gasteiger partial charge >= 0.3 is 0 Å². The first-order chi connectivity index (χ1) is 29.5. The molecule has 8 aromatic heterocycles. The number of anilines is 2. The van der Waals surface area contributed by atoms with E-state index in [1.165, 1.54) is 0 Å². The van der Waals surface area contributed by atoms with Crippen molar-refractivity contribution < 1.29 is 14.3 Å². The number of imidazole rings is 2. The SMILES string of the molecule is COc1cc(NC(c2cn3ccccc3n2)C(C(=O)C(c2csc3ccccc23)C(Nc2ccnc(OC)c2)c2cn3ccccc3n2)c2csc3ccccc23)ccn1. The van der Waals surface area contributed by atoms with Gasteiger partial charge in [-0.05, 0) is 81.2 Å². The molecule has 0 aliphatic heterocycles. The molecule has 0 spiro atoms. The molecule has 4 atom stereocenters. The van der Waals surface area contributed by atoms with Gasteiger partial charge < -0.3 is 28.9 Å². The van der Waals surface area contributed by atoms with Crippen molar-refractivity contribution in [1.82, 2.24) is 28.7 Å². The van der Waals surface area contributed by atoms with Gasteiger partial charge in [-0.2, -0.15) is 0 Å². The molecule has 60 heavy (non-hydrogen) atoms. The molecule has 0 saturated carbocycles. The summed E-state index contributed by atoms with van der Waals surface area (Å²) < 4.78 is 17.3. The number of benzene rings is 2. The van der Waals surface area contributed by atoms with Crippen LogP contribution >= 0.6 is 22.7 Å². The molecule has 13 heteroatoms. The van der Waals surface area contributed by atoms with Crippen LogP contribution in [-0.4, -0.2) is 48.7 Å². The van der Waals surface area contributed by atoms with E-state index in [4.69, 9.17) is 19.4 Å². The van der Waals surface area contributed by atoms with Crippen molar-refractivity contribution in [1.29, 1.82) is 0 Å². The topological polar surface area (TPSA) is 120 Å². The van der Waals surface area contributed by atoms with E-state index in [0.29, 0.717) is 23.1 Å². The molecule has 0 aliphatic rings. The van der Waals surface area contributed by atoms with Gasteiger partial charge in [0.05, 0.1) is 49.5 Å². The van der Waals surface area contributed by atoms with E-state index in [1.807, 2.05) is 119 Å². The number of hydrogen-bond acceptors (Lipinski definition) is 11. The largest absolute Gasteiger partial charge is 0.481 e. The number of aromatic nitrogens is 6. The first-order valence-electron chi connectivity index (χ1n) is 19.4. The van der Waals surface area contributed by atoms with Crippen molar-refractivity contribution in [3.8, 4) is 11.8 Å². The molecule has 0 fully saturated rings. The second-order valence-corrected chi connectivity index (χ2v) is 16.2. The van der Waals surface area contributed by atoms with Crippen LogP contribution < -0.4 is 20.1 Å². The Bertz CT molecular complexity index is 2860. The molecule has 0 amide bonds. The first kappa shape index (κ1) is 37.2. The molecule has 2 N–H and O–H groups in total. The Balaban J connectivity index is 1.24. The lowest BCUT2D eigenvalue weighted by atomic mass is 9.75. The minimum atomic E-state index is -0.776. The fourth-order valence-electron chi connectivity index (χ4n) is 8.11. The third-order valence-electron chi connectivity index (χ3n) is 10.9. The number of rotatable bonds is 14. The summed E-state index contributed by atoms with van der Waals surface area (Å²) in [4.78, 5) is 36.0. The Morgan fingerprint density at radius 2 is 1.05 bits per heavy atom. The fraction of sp³-hybridized carbons (Fsp3) is 0.128. The summed E-state index contributed by atoms with van der Waals surface area (Å²) in [7, 11) is 3.19. The minimum Gasteiger partial charge on any atom is -0.481 e. The van der Waals surface area contributed by atoms with Gasteiger partial charge in [0.1, 0.15) is 11.3 Å². The Morgan fingerprint density at radius 1 is 0.600 bits per heavy atom. The van der Waals surface area contributed by atoms with Gasteiger partial charge in [-0.1, -0.05) is 48.5 Å². The predicted molar refractivity (Wildman–Crippen MR) is 239 cm³/mol. The Labute approximate surface area is 353 Å². The highest BCUT2D eigenvalue weighted by Gasteiger charge is 2.44. The summed E-state index contributed by atoms with van der Waals surface area (Å²) >= 11 is 3.26. The fourth-order valence-corrected chi connectivity index (χ4v) is 10.1. The number of carbonyl (C=O) groups excluding carboxylic acids is 1. The number of ketones is 1. The maximum atomic E-state index is 16.8. The lowest BCUT2D eigenvalue weighted by molar-refractivity contribution is -0.122. The smallest absolute Gasteiger partial charge is 0.214 e. The molecule has 0 saturated heterocycles. The van der Waals surface area contributed by atoms with Crippen LogP contribution in [0, 0.1) is 0 Å². The zero-order valence-corrected chi connectivity index (χ0v) is 34.2. The monoisotopic (exact) mass is 826 g/mol. The normalized spacial score (nSPS) is 13.6. The number of methoxy groups -OCH3 is 2. The molecule has 0 radical (unpaired) electrons. The number of pyridine rings is 4. The molecule has 0 bridgehead atoms. The number of fused-ring (bicyclic) bond motifs is 4. The molecule has 4 unspecified atom stereocenters. The van der Waals surface area contributed by atoms with E-state index < -0.39 is 23.9 Å². The Hall–Kier alpha value is -7.09. The summed E-state index contributed by atoms with van der Waals surface area (Å²) in [6.45, 7) is 0. The van der Waals surface area contributed by atoms with Crippen molar-refractivity contribution in [2.45, 2.75) is 23.9 Å². The number of nitrogens with zero attached hydrogens (tertiary/aromatic N) is 6. The number of thiophene rings is 2. The Morgan fingerprint density at radius 3 is 1.50 bits per heavy atom. The van der Waals surface area contributed by atoms with E-state index in [-0.39, 0.29) is 5.78 Å². The molecule has 2 aromatic carbocycles. The zero-order valence-electron chi connectivity index (χ0n) is 32.5. The van der Waals surface area contributed by atoms with Gasteiger partial charge in [0.15, 0.2) is 5.78 Å². The van der Waals surface area contributed by atoms with Crippen LogP contribution in [0.1, 0.15) is 46.4 Å². The van der Waals surface area contributed by atoms with Crippen LogP contribution in [0.4, 0.5) is 11.4 Å². The molecule has 296 valence electrons. The summed E-state index contributed by atoms with van der Waals surface area (Å²) in [6, 6.07) is 34.5. The quantitative estimate of drug-likeness (QED) is 0.110. The molecule has 10 rings (SSSR count). The highest BCUT2D eigenvalue weighted by atomic mass is 32.1. The van der Waals surface area contributed by atoms with Gasteiger partial charge in [-0.15, -0.1) is 22.7 Å². The van der Waals surface area contributed by atoms with E-state index in [0.717, 1.165) is 54.0 Å². The zero-order chi connectivity index (χ0) is 40.6. The Kier molecular flexibility index (Phi) is 9.87. The average molecular weight is 827 g/mol. The maximum Gasteiger partial charge on any atom is 0.214 e. The second-order valence-electron chi connectivity index (χ2n) is 14.4. The van der Waals surface area contributed by atoms with E-state index >= 15 is 4.79 Å². The third-order valence-corrected chi connectivity index (χ3v) is 12.9. The summed E-state index contributed by atoms with van der Waals surface area (Å²) in [5, 5.41) is 13.9. The lowest BCUT2D eigenvalue weighted by Crippen LogP contribution is -2.34. The van der Waals surface area contributed by atoms with Crippen LogP contribution in [0.3, 0.4) is 0 Å². The number of ether oxygens (including phenoxy) is 2. The van der Waals surface area contributed by atoms with Crippen molar-refractivity contribution in [3.05, 3.63) is 180 Å². The number of carbonyl (C=O) groups is 1. The van der Waals surface area contributed by atoms with Gasteiger partial charge in [0, 0.05) is 70.1 Å². The van der Waals surface area contributed by atoms with E-state index in [1.54, 1.807) is 49.3 Å². The van der Waals surface area contributed by atoms with Crippen LogP contribution in [0.5, 0.6) is 11.8 Å². The van der Waals surface area contributed by atoms with Gasteiger partial charge in [-0.3, -0.25) is 4.79 Å². The van der Waals surface area contributed by atoms with Crippen molar-refractivity contribution in [3.63, 3.8) is 0 Å². The van der Waals surface area contributed by atoms with Crippen molar-refractivity contribution in [2.75, 3.05) is 24.9 Å². The van der Waals surface area contributed by atoms with E-state index in [9.17, 15) is 0 Å². The summed E-state index contributed by atoms with van der Waals surface area (Å²) in [5.41, 5.74) is 6.22. The maximum absolute atomic E-state index is 16.8. The average Bonchev–Trinajstić information content (AvgIpc) is 4.11. The predicted octanol–water partition coefficient (Wildman–Crippen LogP) is 10.4. The van der Waals surface area contributed by atoms with Crippen molar-refractivity contribution in [2.24, 2.45) is 0 Å². The highest BCUT2D eigenvalue weighted by Crippen LogP contribution is 2.48. The number of Topliss-reactive ketones (excluding diaryl/α,β-unsaturated/α-hetero) is 1. The van der Waals surface area contributed by atoms with E-state index in [2.05, 4.69) is 55.6 Å². The molecule has 0 aliphatic carbocycles. The van der Waals surface area contributed by atoms with Crippen LogP contribution in [0.2, 0.25) is 0 Å². The molecular formula is C47H38N8O3S2. The van der Waals surface area contributed by atoms with Crippen LogP contribution in [0.25, 0.3) is 31.5 Å². The van der Waals surface area contributed by atoms with Crippen molar-refractivity contribution >= 4 is 71.3 Å². The number of nitrogens with one attached hydrogen (secondary N) is 2.